The molecule has 0 radical (unpaired) electrons. The Bertz CT molecular complexity index is 1400. The van der Waals surface area contributed by atoms with Crippen LogP contribution in [-0.4, -0.2) is 36.6 Å². The second-order valence-corrected chi connectivity index (χ2v) is 11.3. The van der Waals surface area contributed by atoms with E-state index in [1.54, 1.807) is 23.0 Å². The first kappa shape index (κ1) is 24.5. The zero-order valence-corrected chi connectivity index (χ0v) is 20.8. The summed E-state index contributed by atoms with van der Waals surface area (Å²) in [6.45, 7) is 0.205. The van der Waals surface area contributed by atoms with E-state index < -0.39 is 16.1 Å². The van der Waals surface area contributed by atoms with E-state index in [1.165, 1.54) is 12.1 Å². The molecule has 5 rings (SSSR count). The molecule has 1 saturated carbocycles. The minimum atomic E-state index is -3.42. The third-order valence-corrected chi connectivity index (χ3v) is 8.27. The van der Waals surface area contributed by atoms with Crippen LogP contribution in [-0.2, 0) is 16.4 Å². The van der Waals surface area contributed by atoms with Gasteiger partial charge in [0.15, 0.2) is 0 Å². The lowest BCUT2D eigenvalue weighted by Crippen LogP contribution is -2.42. The number of nitrogens with one attached hydrogen (secondary N) is 1. The molecule has 8 heteroatoms. The van der Waals surface area contributed by atoms with Crippen LogP contribution in [0.2, 0.25) is 0 Å². The average Bonchev–Trinajstić information content (AvgIpc) is 3.53. The number of rotatable bonds is 10. The maximum Gasteiger partial charge on any atom is 0.212 e. The zero-order chi connectivity index (χ0) is 25.0. The molecule has 1 aliphatic rings. The molecule has 6 nitrogen and oxygen atoms in total. The van der Waals surface area contributed by atoms with Crippen molar-refractivity contribution >= 4 is 20.9 Å². The van der Waals surface area contributed by atoms with Gasteiger partial charge < -0.3 is 4.74 Å². The van der Waals surface area contributed by atoms with E-state index >= 15 is 0 Å². The lowest BCUT2D eigenvalue weighted by Gasteiger charge is -2.21. The first-order chi connectivity index (χ1) is 17.4. The summed E-state index contributed by atoms with van der Waals surface area (Å²) in [6, 6.07) is 21.2. The number of ether oxygens (including phenoxy) is 1. The van der Waals surface area contributed by atoms with Gasteiger partial charge in [-0.3, -0.25) is 0 Å². The lowest BCUT2D eigenvalue weighted by molar-refractivity contribution is 0.278. The normalized spacial score (nSPS) is 15.4. The molecule has 1 aromatic heterocycles. The van der Waals surface area contributed by atoms with Gasteiger partial charge in [-0.2, -0.15) is 5.10 Å². The van der Waals surface area contributed by atoms with Crippen molar-refractivity contribution in [2.75, 3.05) is 12.4 Å². The first-order valence-corrected chi connectivity index (χ1v) is 14.0. The van der Waals surface area contributed by atoms with E-state index in [9.17, 15) is 12.8 Å². The first-order valence-electron chi connectivity index (χ1n) is 12.4. The Kier molecular flexibility index (Phi) is 7.34. The molecule has 1 N–H and O–H groups in total. The highest BCUT2D eigenvalue weighted by Crippen LogP contribution is 2.26. The predicted molar refractivity (Wildman–Crippen MR) is 139 cm³/mol. The largest absolute Gasteiger partial charge is 0.492 e. The van der Waals surface area contributed by atoms with Crippen LogP contribution in [0.3, 0.4) is 0 Å². The summed E-state index contributed by atoms with van der Waals surface area (Å²) in [5.41, 5.74) is 2.68. The average molecular weight is 508 g/mol. The second kappa shape index (κ2) is 10.8. The fraction of sp³-hybridized carbons (Fsp3) is 0.321. The molecule has 1 heterocycles. The Morgan fingerprint density at radius 3 is 2.53 bits per heavy atom. The zero-order valence-electron chi connectivity index (χ0n) is 20.0. The van der Waals surface area contributed by atoms with Crippen LogP contribution < -0.4 is 9.46 Å². The molecule has 4 aromatic rings. The van der Waals surface area contributed by atoms with E-state index in [-0.39, 0.29) is 24.1 Å². The van der Waals surface area contributed by atoms with Crippen LogP contribution >= 0.6 is 0 Å². The highest BCUT2D eigenvalue weighted by atomic mass is 32.2. The van der Waals surface area contributed by atoms with Crippen molar-refractivity contribution < 1.29 is 17.5 Å². The molecule has 1 fully saturated rings. The van der Waals surface area contributed by atoms with Gasteiger partial charge in [0.2, 0.25) is 10.0 Å². The van der Waals surface area contributed by atoms with Gasteiger partial charge in [-0.25, -0.2) is 22.2 Å². The number of sulfonamides is 1. The summed E-state index contributed by atoms with van der Waals surface area (Å²) in [6.07, 6.45) is 6.44. The fourth-order valence-corrected chi connectivity index (χ4v) is 6.62. The van der Waals surface area contributed by atoms with Crippen molar-refractivity contribution in [3.63, 3.8) is 0 Å². The highest BCUT2D eigenvalue weighted by molar-refractivity contribution is 7.89. The number of aromatic nitrogens is 2. The molecule has 1 aliphatic carbocycles. The monoisotopic (exact) mass is 507 g/mol. The van der Waals surface area contributed by atoms with Crippen molar-refractivity contribution in [3.05, 3.63) is 90.4 Å². The van der Waals surface area contributed by atoms with Crippen molar-refractivity contribution in [3.8, 4) is 11.4 Å². The summed E-state index contributed by atoms with van der Waals surface area (Å²) in [5, 5.41) is 5.31. The van der Waals surface area contributed by atoms with E-state index in [1.807, 2.05) is 48.5 Å². The van der Waals surface area contributed by atoms with Crippen LogP contribution in [0.5, 0.6) is 5.75 Å². The summed E-state index contributed by atoms with van der Waals surface area (Å²) in [5.74, 6) is 0.747. The van der Waals surface area contributed by atoms with Gasteiger partial charge in [-0.15, -0.1) is 0 Å². The third kappa shape index (κ3) is 6.12. The Balaban J connectivity index is 1.30. The summed E-state index contributed by atoms with van der Waals surface area (Å²) in [4.78, 5) is 0. The SMILES string of the molecule is O=S(=O)(CC1CCCC1)NC(COc1ccc2c(cnn2-c2ccc(F)cc2)c1)Cc1ccccc1. The van der Waals surface area contributed by atoms with Crippen molar-refractivity contribution in [2.24, 2.45) is 5.92 Å². The van der Waals surface area contributed by atoms with Crippen molar-refractivity contribution in [1.82, 2.24) is 14.5 Å². The Labute approximate surface area is 211 Å². The molecule has 0 aliphatic heterocycles. The maximum atomic E-state index is 13.3. The van der Waals surface area contributed by atoms with Crippen molar-refractivity contribution in [2.45, 2.75) is 38.1 Å². The van der Waals surface area contributed by atoms with Gasteiger partial charge in [0.1, 0.15) is 18.2 Å². The van der Waals surface area contributed by atoms with E-state index in [0.717, 1.165) is 47.8 Å². The molecule has 188 valence electrons. The van der Waals surface area contributed by atoms with Gasteiger partial charge in [0.05, 0.1) is 29.2 Å². The Morgan fingerprint density at radius 2 is 1.78 bits per heavy atom. The fourth-order valence-electron chi connectivity index (χ4n) is 4.91. The second-order valence-electron chi connectivity index (χ2n) is 9.50. The van der Waals surface area contributed by atoms with E-state index in [2.05, 4.69) is 9.82 Å². The molecule has 0 bridgehead atoms. The number of nitrogens with zero attached hydrogens (tertiary/aromatic N) is 2. The third-order valence-electron chi connectivity index (χ3n) is 6.66. The number of benzene rings is 3. The number of hydrogen-bond donors (Lipinski definition) is 1. The molecule has 36 heavy (non-hydrogen) atoms. The van der Waals surface area contributed by atoms with E-state index in [4.69, 9.17) is 4.74 Å². The molecular weight excluding hydrogens is 477 g/mol. The number of fused-ring (bicyclic) bond motifs is 1. The molecule has 0 spiro atoms. The minimum Gasteiger partial charge on any atom is -0.492 e. The van der Waals surface area contributed by atoms with E-state index in [0.29, 0.717) is 12.2 Å². The Hall–Kier alpha value is -3.23. The van der Waals surface area contributed by atoms with Gasteiger partial charge in [-0.05, 0) is 73.2 Å². The summed E-state index contributed by atoms with van der Waals surface area (Å²) in [7, 11) is -3.42. The quantitative estimate of drug-likeness (QED) is 0.318. The number of hydrogen-bond acceptors (Lipinski definition) is 4. The maximum absolute atomic E-state index is 13.3. The van der Waals surface area contributed by atoms with Crippen molar-refractivity contribution in [1.29, 1.82) is 0 Å². The van der Waals surface area contributed by atoms with Crippen LogP contribution in [0, 0.1) is 11.7 Å². The summed E-state index contributed by atoms with van der Waals surface area (Å²) >= 11 is 0. The van der Waals surface area contributed by atoms with Crippen LogP contribution in [0.25, 0.3) is 16.6 Å². The molecule has 0 saturated heterocycles. The van der Waals surface area contributed by atoms with Gasteiger partial charge in [0, 0.05) is 5.39 Å². The van der Waals surface area contributed by atoms with Gasteiger partial charge in [-0.1, -0.05) is 43.2 Å². The molecule has 1 unspecified atom stereocenters. The minimum absolute atomic E-state index is 0.173. The molecule has 3 aromatic carbocycles. The van der Waals surface area contributed by atoms with Crippen LogP contribution in [0.1, 0.15) is 31.2 Å². The Morgan fingerprint density at radius 1 is 1.03 bits per heavy atom. The lowest BCUT2D eigenvalue weighted by atomic mass is 10.1. The summed E-state index contributed by atoms with van der Waals surface area (Å²) < 4.78 is 49.9. The molecular formula is C28H30FN3O3S. The standard InChI is InChI=1S/C28H30FN3O3S/c29-24-10-12-26(13-11-24)32-28-15-14-27(17-23(28)18-30-32)35-19-25(16-21-6-2-1-3-7-21)31-36(33,34)20-22-8-4-5-9-22/h1-3,6-7,10-15,17-18,22,25,31H,4-5,8-9,16,19-20H2. The van der Waals surface area contributed by atoms with Gasteiger partial charge >= 0.3 is 0 Å². The molecule has 0 amide bonds. The molecule has 1 atom stereocenters. The van der Waals surface area contributed by atoms with Crippen LogP contribution in [0.15, 0.2) is 79.0 Å². The smallest absolute Gasteiger partial charge is 0.212 e. The number of halogens is 1. The van der Waals surface area contributed by atoms with Crippen LogP contribution in [0.4, 0.5) is 4.39 Å². The topological polar surface area (TPSA) is 73.2 Å². The van der Waals surface area contributed by atoms with Gasteiger partial charge in [0.25, 0.3) is 0 Å². The highest BCUT2D eigenvalue weighted by Gasteiger charge is 2.25. The predicted octanol–water partition coefficient (Wildman–Crippen LogP) is 5.26.